The van der Waals surface area contributed by atoms with Gasteiger partial charge in [-0.25, -0.2) is 9.37 Å². The summed E-state index contributed by atoms with van der Waals surface area (Å²) in [6.45, 7) is 5.29. The standard InChI is InChI=1S/C25H21ClFN5O3/c1-11-20(12(2)32(31-11)10-14-5-4-6-15(7-14)13(3)33)22-21(24(28)34)16-8-17(26)18(27)9-19(16)30-23(22)25(29)35/h4-9H,10H2,1-3H3,(H2,28,34)(H2,29,35). The van der Waals surface area contributed by atoms with Gasteiger partial charge in [-0.1, -0.05) is 29.8 Å². The highest BCUT2D eigenvalue weighted by molar-refractivity contribution is 6.32. The second kappa shape index (κ2) is 8.92. The van der Waals surface area contributed by atoms with E-state index < -0.39 is 17.6 Å². The SMILES string of the molecule is CC(=O)c1cccc(Cn2nc(C)c(-c3c(C(N)=O)nc4cc(F)c(Cl)cc4c3C(N)=O)c2C)c1. The number of primary amides is 2. The predicted octanol–water partition coefficient (Wildman–Crippen LogP) is 3.96. The fourth-order valence-corrected chi connectivity index (χ4v) is 4.37. The Labute approximate surface area is 204 Å². The van der Waals surface area contributed by atoms with Gasteiger partial charge in [0, 0.05) is 33.8 Å². The number of amides is 2. The summed E-state index contributed by atoms with van der Waals surface area (Å²) in [6.07, 6.45) is 0. The van der Waals surface area contributed by atoms with Gasteiger partial charge < -0.3 is 11.5 Å². The van der Waals surface area contributed by atoms with E-state index in [0.717, 1.165) is 11.6 Å². The maximum Gasteiger partial charge on any atom is 0.267 e. The highest BCUT2D eigenvalue weighted by Crippen LogP contribution is 2.37. The zero-order valence-corrected chi connectivity index (χ0v) is 19.9. The minimum atomic E-state index is -0.916. The monoisotopic (exact) mass is 493 g/mol. The quantitative estimate of drug-likeness (QED) is 0.392. The second-order valence-electron chi connectivity index (χ2n) is 8.18. The third-order valence-corrected chi connectivity index (χ3v) is 6.09. The van der Waals surface area contributed by atoms with Crippen LogP contribution in [0.2, 0.25) is 5.02 Å². The lowest BCUT2D eigenvalue weighted by molar-refractivity contribution is 0.0992. The molecule has 0 aliphatic rings. The van der Waals surface area contributed by atoms with Gasteiger partial charge in [0.2, 0.25) is 5.91 Å². The van der Waals surface area contributed by atoms with Crippen LogP contribution in [0.1, 0.15) is 55.1 Å². The fourth-order valence-electron chi connectivity index (χ4n) is 4.21. The summed E-state index contributed by atoms with van der Waals surface area (Å²) in [5.74, 6) is -2.60. The molecule has 0 spiro atoms. The molecule has 10 heteroatoms. The van der Waals surface area contributed by atoms with E-state index in [-0.39, 0.29) is 38.5 Å². The molecule has 8 nitrogen and oxygen atoms in total. The molecule has 2 heterocycles. The number of nitrogens with zero attached hydrogens (tertiary/aromatic N) is 3. The number of benzene rings is 2. The van der Waals surface area contributed by atoms with Crippen LogP contribution in [0, 0.1) is 19.7 Å². The first-order chi connectivity index (χ1) is 16.5. The van der Waals surface area contributed by atoms with Crippen LogP contribution in [0.5, 0.6) is 0 Å². The average molecular weight is 494 g/mol. The van der Waals surface area contributed by atoms with Crippen molar-refractivity contribution in [1.29, 1.82) is 0 Å². The van der Waals surface area contributed by atoms with Gasteiger partial charge in [-0.2, -0.15) is 5.10 Å². The van der Waals surface area contributed by atoms with Gasteiger partial charge in [-0.05, 0) is 38.5 Å². The molecule has 2 amide bonds. The molecular formula is C25H21ClFN5O3. The van der Waals surface area contributed by atoms with Crippen LogP contribution in [0.4, 0.5) is 4.39 Å². The minimum Gasteiger partial charge on any atom is -0.366 e. The molecule has 4 N–H and O–H groups in total. The van der Waals surface area contributed by atoms with E-state index in [2.05, 4.69) is 10.1 Å². The maximum absolute atomic E-state index is 14.1. The minimum absolute atomic E-state index is 0.0157. The molecule has 0 aliphatic heterocycles. The van der Waals surface area contributed by atoms with Crippen LogP contribution in [0.3, 0.4) is 0 Å². The number of aryl methyl sites for hydroxylation is 1. The molecule has 2 aromatic heterocycles. The maximum atomic E-state index is 14.1. The summed E-state index contributed by atoms with van der Waals surface area (Å²) >= 11 is 5.97. The fraction of sp³-hybridized carbons (Fsp3) is 0.160. The largest absolute Gasteiger partial charge is 0.366 e. The van der Waals surface area contributed by atoms with Crippen molar-refractivity contribution in [1.82, 2.24) is 14.8 Å². The lowest BCUT2D eigenvalue weighted by Crippen LogP contribution is -2.21. The van der Waals surface area contributed by atoms with E-state index in [1.807, 2.05) is 6.07 Å². The number of nitrogens with two attached hydrogens (primary N) is 2. The van der Waals surface area contributed by atoms with Crippen molar-refractivity contribution in [3.8, 4) is 11.1 Å². The van der Waals surface area contributed by atoms with E-state index in [1.54, 1.807) is 36.7 Å². The summed E-state index contributed by atoms with van der Waals surface area (Å²) in [6, 6.07) is 9.41. The number of ketones is 1. The van der Waals surface area contributed by atoms with Crippen LogP contribution in [-0.2, 0) is 6.54 Å². The predicted molar refractivity (Wildman–Crippen MR) is 130 cm³/mol. The van der Waals surface area contributed by atoms with E-state index in [9.17, 15) is 18.8 Å². The Morgan fingerprint density at radius 3 is 2.40 bits per heavy atom. The number of aromatic nitrogens is 3. The first kappa shape index (κ1) is 24.0. The second-order valence-corrected chi connectivity index (χ2v) is 8.59. The first-order valence-electron chi connectivity index (χ1n) is 10.6. The summed E-state index contributed by atoms with van der Waals surface area (Å²) in [7, 11) is 0. The Bertz CT molecular complexity index is 1560. The summed E-state index contributed by atoms with van der Waals surface area (Å²) in [5, 5.41) is 4.54. The molecule has 4 aromatic rings. The van der Waals surface area contributed by atoms with Crippen molar-refractivity contribution in [3.05, 3.63) is 81.0 Å². The molecule has 35 heavy (non-hydrogen) atoms. The number of rotatable bonds is 6. The molecule has 0 fully saturated rings. The van der Waals surface area contributed by atoms with Crippen LogP contribution in [0.15, 0.2) is 36.4 Å². The lowest BCUT2D eigenvalue weighted by Gasteiger charge is -2.15. The molecule has 4 rings (SSSR count). The summed E-state index contributed by atoms with van der Waals surface area (Å²) in [5.41, 5.74) is 14.1. The molecule has 0 atom stereocenters. The van der Waals surface area contributed by atoms with Gasteiger partial charge in [0.1, 0.15) is 11.5 Å². The average Bonchev–Trinajstić information content (AvgIpc) is 3.05. The summed E-state index contributed by atoms with van der Waals surface area (Å²) in [4.78, 5) is 41.1. The Balaban J connectivity index is 1.99. The number of carbonyl (C=O) groups excluding carboxylic acids is 3. The molecule has 2 aromatic carbocycles. The number of carbonyl (C=O) groups is 3. The number of hydrogen-bond donors (Lipinski definition) is 2. The molecular weight excluding hydrogens is 473 g/mol. The van der Waals surface area contributed by atoms with Crippen molar-refractivity contribution < 1.29 is 18.8 Å². The lowest BCUT2D eigenvalue weighted by atomic mass is 9.92. The van der Waals surface area contributed by atoms with Gasteiger partial charge in [0.15, 0.2) is 5.78 Å². The third-order valence-electron chi connectivity index (χ3n) is 5.80. The number of halogens is 2. The van der Waals surface area contributed by atoms with Crippen molar-refractivity contribution in [3.63, 3.8) is 0 Å². The van der Waals surface area contributed by atoms with Gasteiger partial charge in [-0.15, -0.1) is 0 Å². The van der Waals surface area contributed by atoms with Crippen molar-refractivity contribution in [2.75, 3.05) is 0 Å². The Kier molecular flexibility index (Phi) is 6.12. The van der Waals surface area contributed by atoms with E-state index >= 15 is 0 Å². The van der Waals surface area contributed by atoms with Crippen LogP contribution < -0.4 is 11.5 Å². The molecule has 0 aliphatic carbocycles. The van der Waals surface area contributed by atoms with Gasteiger partial charge in [0.25, 0.3) is 5.91 Å². The molecule has 0 radical (unpaired) electrons. The number of Topliss-reactive ketones (excluding diaryl/α,β-unsaturated/α-hetero) is 1. The highest BCUT2D eigenvalue weighted by Gasteiger charge is 2.28. The zero-order chi connectivity index (χ0) is 25.6. The zero-order valence-electron chi connectivity index (χ0n) is 19.1. The Hall–Kier alpha value is -4.11. The van der Waals surface area contributed by atoms with E-state index in [4.69, 9.17) is 23.1 Å². The van der Waals surface area contributed by atoms with Crippen molar-refractivity contribution >= 4 is 40.1 Å². The molecule has 0 unspecified atom stereocenters. The number of pyridine rings is 1. The van der Waals surface area contributed by atoms with Crippen molar-refractivity contribution in [2.24, 2.45) is 11.5 Å². The number of hydrogen-bond acceptors (Lipinski definition) is 5. The van der Waals surface area contributed by atoms with E-state index in [1.165, 1.54) is 13.0 Å². The first-order valence-corrected chi connectivity index (χ1v) is 10.9. The summed E-state index contributed by atoms with van der Waals surface area (Å²) < 4.78 is 15.8. The van der Waals surface area contributed by atoms with Gasteiger partial charge in [-0.3, -0.25) is 19.1 Å². The number of fused-ring (bicyclic) bond motifs is 1. The van der Waals surface area contributed by atoms with Gasteiger partial charge >= 0.3 is 0 Å². The van der Waals surface area contributed by atoms with Crippen molar-refractivity contribution in [2.45, 2.75) is 27.3 Å². The molecule has 0 saturated heterocycles. The Morgan fingerprint density at radius 2 is 1.77 bits per heavy atom. The highest BCUT2D eigenvalue weighted by atomic mass is 35.5. The van der Waals surface area contributed by atoms with Crippen LogP contribution >= 0.6 is 11.6 Å². The third kappa shape index (κ3) is 4.26. The molecule has 0 bridgehead atoms. The molecule has 0 saturated carbocycles. The smallest absolute Gasteiger partial charge is 0.267 e. The topological polar surface area (TPSA) is 134 Å². The normalized spacial score (nSPS) is 11.1. The molecule has 178 valence electrons. The van der Waals surface area contributed by atoms with E-state index in [0.29, 0.717) is 29.1 Å². The van der Waals surface area contributed by atoms with Gasteiger partial charge in [0.05, 0.1) is 28.3 Å². The van der Waals surface area contributed by atoms with Crippen LogP contribution in [-0.4, -0.2) is 32.4 Å². The Morgan fingerprint density at radius 1 is 1.06 bits per heavy atom. The van der Waals surface area contributed by atoms with Crippen LogP contribution in [0.25, 0.3) is 22.0 Å².